The van der Waals surface area contributed by atoms with Gasteiger partial charge in [-0.1, -0.05) is 20.8 Å². The second-order valence-electron chi connectivity index (χ2n) is 12.5. The van der Waals surface area contributed by atoms with Crippen molar-refractivity contribution < 1.29 is 28.0 Å². The van der Waals surface area contributed by atoms with Gasteiger partial charge in [0.2, 0.25) is 5.91 Å². The Balaban J connectivity index is 1.40. The Hall–Kier alpha value is -0.700. The molecule has 0 aliphatic heterocycles. The molecular formula is C26H45NO6S. The van der Waals surface area contributed by atoms with E-state index in [9.17, 15) is 23.4 Å². The van der Waals surface area contributed by atoms with E-state index in [0.29, 0.717) is 48.3 Å². The number of carbonyl (C=O) groups is 1. The van der Waals surface area contributed by atoms with Crippen LogP contribution in [0.3, 0.4) is 0 Å². The molecule has 4 fully saturated rings. The lowest BCUT2D eigenvalue weighted by Crippen LogP contribution is -2.58. The molecule has 10 atom stereocenters. The van der Waals surface area contributed by atoms with Crippen LogP contribution in [0, 0.1) is 46.3 Å². The summed E-state index contributed by atoms with van der Waals surface area (Å²) in [5.41, 5.74) is 0.105. The Bertz CT molecular complexity index is 863. The van der Waals surface area contributed by atoms with Crippen LogP contribution in [0.15, 0.2) is 0 Å². The minimum atomic E-state index is -4.07. The van der Waals surface area contributed by atoms with E-state index >= 15 is 0 Å². The van der Waals surface area contributed by atoms with Gasteiger partial charge in [0.1, 0.15) is 0 Å². The van der Waals surface area contributed by atoms with Gasteiger partial charge in [0.25, 0.3) is 10.1 Å². The Labute approximate surface area is 205 Å². The molecular weight excluding hydrogens is 454 g/mol. The molecule has 0 spiro atoms. The Morgan fingerprint density at radius 2 is 1.79 bits per heavy atom. The number of carbonyl (C=O) groups excluding carboxylic acids is 1. The summed E-state index contributed by atoms with van der Waals surface area (Å²) in [5.74, 6) is 2.28. The van der Waals surface area contributed by atoms with Crippen molar-refractivity contribution in [2.75, 3.05) is 12.3 Å². The molecule has 34 heavy (non-hydrogen) atoms. The summed E-state index contributed by atoms with van der Waals surface area (Å²) in [6, 6.07) is 0. The number of amides is 1. The fourth-order valence-corrected chi connectivity index (χ4v) is 9.49. The van der Waals surface area contributed by atoms with Gasteiger partial charge in [0, 0.05) is 13.0 Å². The van der Waals surface area contributed by atoms with Crippen LogP contribution in [0.1, 0.15) is 85.0 Å². The monoisotopic (exact) mass is 499 g/mol. The molecule has 4 aliphatic rings. The Morgan fingerprint density at radius 3 is 2.50 bits per heavy atom. The standard InChI is InChI=1S/C26H45NO6S/c1-16(4-9-24(30)27-12-13-34(31,32)33)20-7-8-21-19-6-5-17-14-18(28)10-11-25(17,2)22(19)15-23(29)26(20,21)3/h16-23,28-29H,4-15H2,1-3H3,(H,27,30)(H,31,32,33)/t16?,17-,18?,19?,20-,21?,22?,23?,25+,26-/m1/s1. The quantitative estimate of drug-likeness (QED) is 0.398. The van der Waals surface area contributed by atoms with Crippen LogP contribution >= 0.6 is 0 Å². The molecule has 0 heterocycles. The summed E-state index contributed by atoms with van der Waals surface area (Å²) >= 11 is 0. The fourth-order valence-electron chi connectivity index (χ4n) is 9.13. The molecule has 4 aliphatic carbocycles. The molecule has 6 unspecified atom stereocenters. The number of hydrogen-bond acceptors (Lipinski definition) is 5. The van der Waals surface area contributed by atoms with Gasteiger partial charge < -0.3 is 15.5 Å². The topological polar surface area (TPSA) is 124 Å². The normalized spacial score (nSPS) is 45.1. The number of aliphatic hydroxyl groups excluding tert-OH is 2. The Kier molecular flexibility index (Phi) is 7.47. The van der Waals surface area contributed by atoms with Crippen molar-refractivity contribution in [3.8, 4) is 0 Å². The minimum Gasteiger partial charge on any atom is -0.393 e. The highest BCUT2D eigenvalue weighted by Crippen LogP contribution is 2.68. The largest absolute Gasteiger partial charge is 0.393 e. The van der Waals surface area contributed by atoms with Crippen LogP contribution in [0.5, 0.6) is 0 Å². The van der Waals surface area contributed by atoms with Gasteiger partial charge in [-0.15, -0.1) is 0 Å². The molecule has 0 aromatic heterocycles. The van der Waals surface area contributed by atoms with Gasteiger partial charge in [-0.3, -0.25) is 9.35 Å². The summed E-state index contributed by atoms with van der Waals surface area (Å²) < 4.78 is 30.5. The highest BCUT2D eigenvalue weighted by Gasteiger charge is 2.63. The third-order valence-electron chi connectivity index (χ3n) is 11.0. The first-order valence-electron chi connectivity index (χ1n) is 13.4. The van der Waals surface area contributed by atoms with Crippen LogP contribution in [0.2, 0.25) is 0 Å². The Morgan fingerprint density at radius 1 is 1.06 bits per heavy atom. The number of hydrogen-bond donors (Lipinski definition) is 4. The smallest absolute Gasteiger partial charge is 0.266 e. The molecule has 4 rings (SSSR count). The van der Waals surface area contributed by atoms with Gasteiger partial charge in [0.05, 0.1) is 18.0 Å². The van der Waals surface area contributed by atoms with Crippen molar-refractivity contribution >= 4 is 16.0 Å². The van der Waals surface area contributed by atoms with E-state index in [1.54, 1.807) is 0 Å². The number of rotatable bonds is 7. The van der Waals surface area contributed by atoms with E-state index in [2.05, 4.69) is 26.1 Å². The number of fused-ring (bicyclic) bond motifs is 5. The fraction of sp³-hybridized carbons (Fsp3) is 0.962. The molecule has 4 saturated carbocycles. The van der Waals surface area contributed by atoms with E-state index in [0.717, 1.165) is 38.5 Å². The molecule has 1 amide bonds. The lowest BCUT2D eigenvalue weighted by atomic mass is 9.43. The third kappa shape index (κ3) is 4.81. The van der Waals surface area contributed by atoms with Crippen LogP contribution in [0.25, 0.3) is 0 Å². The van der Waals surface area contributed by atoms with Crippen LogP contribution in [-0.4, -0.2) is 53.6 Å². The summed E-state index contributed by atoms with van der Waals surface area (Å²) in [7, 11) is -4.07. The lowest BCUT2D eigenvalue weighted by molar-refractivity contribution is -0.174. The van der Waals surface area contributed by atoms with E-state index in [1.807, 2.05) is 0 Å². The molecule has 0 radical (unpaired) electrons. The van der Waals surface area contributed by atoms with Crippen molar-refractivity contribution in [1.82, 2.24) is 5.32 Å². The second-order valence-corrected chi connectivity index (χ2v) is 14.1. The molecule has 7 nitrogen and oxygen atoms in total. The summed E-state index contributed by atoms with van der Waals surface area (Å²) in [5, 5.41) is 24.5. The van der Waals surface area contributed by atoms with Crippen molar-refractivity contribution in [1.29, 1.82) is 0 Å². The molecule has 0 aromatic rings. The van der Waals surface area contributed by atoms with E-state index < -0.39 is 15.9 Å². The average molecular weight is 500 g/mol. The zero-order valence-electron chi connectivity index (χ0n) is 21.1. The predicted octanol–water partition coefficient (Wildman–Crippen LogP) is 3.40. The molecule has 0 bridgehead atoms. The second kappa shape index (κ2) is 9.64. The molecule has 8 heteroatoms. The van der Waals surface area contributed by atoms with Crippen molar-refractivity contribution in [3.05, 3.63) is 0 Å². The van der Waals surface area contributed by atoms with Gasteiger partial charge in [0.15, 0.2) is 0 Å². The number of nitrogens with one attached hydrogen (secondary N) is 1. The molecule has 4 N–H and O–H groups in total. The highest BCUT2D eigenvalue weighted by atomic mass is 32.2. The highest BCUT2D eigenvalue weighted by molar-refractivity contribution is 7.85. The number of aliphatic hydroxyl groups is 2. The maximum absolute atomic E-state index is 12.2. The first-order valence-corrected chi connectivity index (χ1v) is 15.0. The van der Waals surface area contributed by atoms with Gasteiger partial charge in [-0.2, -0.15) is 8.42 Å². The summed E-state index contributed by atoms with van der Waals surface area (Å²) in [6.45, 7) is 6.86. The van der Waals surface area contributed by atoms with Crippen LogP contribution in [-0.2, 0) is 14.9 Å². The maximum atomic E-state index is 12.2. The first-order chi connectivity index (χ1) is 15.9. The first kappa shape index (κ1) is 26.4. The minimum absolute atomic E-state index is 0.0756. The molecule has 0 saturated heterocycles. The third-order valence-corrected chi connectivity index (χ3v) is 11.7. The summed E-state index contributed by atoms with van der Waals surface area (Å²) in [4.78, 5) is 12.2. The van der Waals surface area contributed by atoms with Crippen molar-refractivity contribution in [2.24, 2.45) is 46.3 Å². The van der Waals surface area contributed by atoms with Crippen LogP contribution in [0.4, 0.5) is 0 Å². The lowest BCUT2D eigenvalue weighted by Gasteiger charge is -2.62. The molecule has 0 aromatic carbocycles. The van der Waals surface area contributed by atoms with Crippen molar-refractivity contribution in [3.63, 3.8) is 0 Å². The SMILES string of the molecule is CC(CCC(=O)NCCS(=O)(=O)O)[C@H]1CCC2C3CC[C@@H]4CC(O)CC[C@]4(C)C3CC(O)[C@@]21C. The van der Waals surface area contributed by atoms with E-state index in [4.69, 9.17) is 4.55 Å². The average Bonchev–Trinajstić information content (AvgIpc) is 3.11. The van der Waals surface area contributed by atoms with E-state index in [-0.39, 0.29) is 35.5 Å². The molecule has 196 valence electrons. The van der Waals surface area contributed by atoms with Gasteiger partial charge in [-0.05, 0) is 104 Å². The maximum Gasteiger partial charge on any atom is 0.266 e. The van der Waals surface area contributed by atoms with Crippen molar-refractivity contribution in [2.45, 2.75) is 97.2 Å². The van der Waals surface area contributed by atoms with Gasteiger partial charge in [-0.25, -0.2) is 0 Å². The van der Waals surface area contributed by atoms with Crippen LogP contribution < -0.4 is 5.32 Å². The van der Waals surface area contributed by atoms with Gasteiger partial charge >= 0.3 is 0 Å². The van der Waals surface area contributed by atoms with E-state index in [1.165, 1.54) is 12.8 Å². The zero-order chi connectivity index (χ0) is 24.9. The summed E-state index contributed by atoms with van der Waals surface area (Å²) in [6.07, 6.45) is 8.93. The predicted molar refractivity (Wildman–Crippen MR) is 130 cm³/mol. The zero-order valence-corrected chi connectivity index (χ0v) is 21.9.